The van der Waals surface area contributed by atoms with E-state index in [0.29, 0.717) is 12.8 Å². The SMILES string of the molecule is CC(N)CC(C)N1C(=O)CC(C)C1=O. The molecule has 3 unspecified atom stereocenters. The third kappa shape index (κ3) is 2.12. The molecular weight excluding hydrogens is 180 g/mol. The van der Waals surface area contributed by atoms with Gasteiger partial charge in [0.2, 0.25) is 11.8 Å². The van der Waals surface area contributed by atoms with Crippen LogP contribution >= 0.6 is 0 Å². The lowest BCUT2D eigenvalue weighted by molar-refractivity contribution is -0.141. The second kappa shape index (κ2) is 4.09. The van der Waals surface area contributed by atoms with Gasteiger partial charge in [-0.2, -0.15) is 0 Å². The van der Waals surface area contributed by atoms with Crippen molar-refractivity contribution in [3.05, 3.63) is 0 Å². The van der Waals surface area contributed by atoms with Gasteiger partial charge in [0.25, 0.3) is 0 Å². The van der Waals surface area contributed by atoms with Crippen molar-refractivity contribution in [3.63, 3.8) is 0 Å². The Bertz CT molecular complexity index is 251. The molecule has 14 heavy (non-hydrogen) atoms. The van der Waals surface area contributed by atoms with Gasteiger partial charge in [0.15, 0.2) is 0 Å². The monoisotopic (exact) mass is 198 g/mol. The van der Waals surface area contributed by atoms with Crippen molar-refractivity contribution in [3.8, 4) is 0 Å². The molecular formula is C10H18N2O2. The second-order valence-corrected chi connectivity index (χ2v) is 4.27. The van der Waals surface area contributed by atoms with Gasteiger partial charge >= 0.3 is 0 Å². The van der Waals surface area contributed by atoms with Crippen LogP contribution in [0.3, 0.4) is 0 Å². The normalized spacial score (nSPS) is 26.9. The number of hydrogen-bond acceptors (Lipinski definition) is 3. The first-order valence-corrected chi connectivity index (χ1v) is 5.05. The summed E-state index contributed by atoms with van der Waals surface area (Å²) in [4.78, 5) is 24.5. The molecule has 4 nitrogen and oxygen atoms in total. The van der Waals surface area contributed by atoms with Crippen LogP contribution in [0.2, 0.25) is 0 Å². The van der Waals surface area contributed by atoms with Crippen LogP contribution in [-0.4, -0.2) is 28.8 Å². The maximum Gasteiger partial charge on any atom is 0.232 e. The summed E-state index contributed by atoms with van der Waals surface area (Å²) >= 11 is 0. The first-order valence-electron chi connectivity index (χ1n) is 5.05. The minimum atomic E-state index is -0.155. The molecule has 1 aliphatic rings. The summed E-state index contributed by atoms with van der Waals surface area (Å²) in [6.07, 6.45) is 1.02. The number of hydrogen-bond donors (Lipinski definition) is 1. The molecule has 0 spiro atoms. The number of amides is 2. The van der Waals surface area contributed by atoms with Crippen LogP contribution in [0.15, 0.2) is 0 Å². The van der Waals surface area contributed by atoms with Gasteiger partial charge in [-0.05, 0) is 20.3 Å². The smallest absolute Gasteiger partial charge is 0.232 e. The summed E-state index contributed by atoms with van der Waals surface area (Å²) < 4.78 is 0. The average Bonchev–Trinajstić information content (AvgIpc) is 2.25. The lowest BCUT2D eigenvalue weighted by atomic mass is 10.1. The van der Waals surface area contributed by atoms with Crippen molar-refractivity contribution in [2.24, 2.45) is 11.7 Å². The molecule has 1 rings (SSSR count). The fraction of sp³-hybridized carbons (Fsp3) is 0.800. The highest BCUT2D eigenvalue weighted by atomic mass is 16.2. The predicted octanol–water partition coefficient (Wildman–Crippen LogP) is 0.507. The maximum atomic E-state index is 11.6. The van der Waals surface area contributed by atoms with Gasteiger partial charge in [-0.15, -0.1) is 0 Å². The van der Waals surface area contributed by atoms with Crippen LogP contribution in [0, 0.1) is 5.92 Å². The molecule has 1 heterocycles. The molecule has 2 amide bonds. The Balaban J connectivity index is 2.67. The fourth-order valence-corrected chi connectivity index (χ4v) is 1.91. The van der Waals surface area contributed by atoms with Crippen LogP contribution in [0.4, 0.5) is 0 Å². The first-order chi connectivity index (χ1) is 6.43. The Morgan fingerprint density at radius 2 is 2.07 bits per heavy atom. The molecule has 2 N–H and O–H groups in total. The summed E-state index contributed by atoms with van der Waals surface area (Å²) in [7, 11) is 0. The van der Waals surface area contributed by atoms with Crippen LogP contribution in [0.1, 0.15) is 33.6 Å². The molecule has 0 aromatic carbocycles. The number of carbonyl (C=O) groups excluding carboxylic acids is 2. The van der Waals surface area contributed by atoms with Crippen molar-refractivity contribution >= 4 is 11.8 Å². The molecule has 1 saturated heterocycles. The zero-order valence-corrected chi connectivity index (χ0v) is 8.99. The van der Waals surface area contributed by atoms with Gasteiger partial charge in [-0.3, -0.25) is 14.5 Å². The zero-order chi connectivity index (χ0) is 10.9. The summed E-state index contributed by atoms with van der Waals surface area (Å²) in [5, 5.41) is 0. The fourth-order valence-electron chi connectivity index (χ4n) is 1.91. The topological polar surface area (TPSA) is 63.4 Å². The van der Waals surface area contributed by atoms with Gasteiger partial charge in [0, 0.05) is 24.4 Å². The quantitative estimate of drug-likeness (QED) is 0.672. The predicted molar refractivity (Wildman–Crippen MR) is 53.4 cm³/mol. The summed E-state index contributed by atoms with van der Waals surface area (Å²) in [6.45, 7) is 5.54. The highest BCUT2D eigenvalue weighted by molar-refractivity contribution is 6.03. The largest absolute Gasteiger partial charge is 0.328 e. The van der Waals surface area contributed by atoms with Crippen LogP contribution in [0.5, 0.6) is 0 Å². The number of nitrogens with zero attached hydrogens (tertiary/aromatic N) is 1. The van der Waals surface area contributed by atoms with E-state index in [1.807, 2.05) is 13.8 Å². The van der Waals surface area contributed by atoms with Crippen molar-refractivity contribution in [1.82, 2.24) is 4.90 Å². The third-order valence-corrected chi connectivity index (χ3v) is 2.56. The van der Waals surface area contributed by atoms with Gasteiger partial charge in [0.1, 0.15) is 0 Å². The summed E-state index contributed by atoms with van der Waals surface area (Å²) in [5.41, 5.74) is 5.64. The van der Waals surface area contributed by atoms with Crippen molar-refractivity contribution in [1.29, 1.82) is 0 Å². The molecule has 1 fully saturated rings. The maximum absolute atomic E-state index is 11.6. The molecule has 3 atom stereocenters. The highest BCUT2D eigenvalue weighted by Gasteiger charge is 2.38. The Labute approximate surface area is 84.4 Å². The Morgan fingerprint density at radius 3 is 2.43 bits per heavy atom. The van der Waals surface area contributed by atoms with Crippen LogP contribution < -0.4 is 5.73 Å². The first kappa shape index (κ1) is 11.2. The van der Waals surface area contributed by atoms with E-state index in [0.717, 1.165) is 0 Å². The van der Waals surface area contributed by atoms with E-state index >= 15 is 0 Å². The van der Waals surface area contributed by atoms with E-state index < -0.39 is 0 Å². The number of rotatable bonds is 3. The highest BCUT2D eigenvalue weighted by Crippen LogP contribution is 2.22. The number of imide groups is 1. The van der Waals surface area contributed by atoms with E-state index in [1.54, 1.807) is 6.92 Å². The molecule has 4 heteroatoms. The Kier molecular flexibility index (Phi) is 3.26. The van der Waals surface area contributed by atoms with E-state index in [2.05, 4.69) is 0 Å². The van der Waals surface area contributed by atoms with E-state index in [-0.39, 0.29) is 29.8 Å². The van der Waals surface area contributed by atoms with E-state index in [4.69, 9.17) is 5.73 Å². The van der Waals surface area contributed by atoms with E-state index in [9.17, 15) is 9.59 Å². The van der Waals surface area contributed by atoms with Gasteiger partial charge in [0.05, 0.1) is 0 Å². The molecule has 80 valence electrons. The molecule has 0 aromatic rings. The molecule has 0 aliphatic carbocycles. The Morgan fingerprint density at radius 1 is 1.50 bits per heavy atom. The van der Waals surface area contributed by atoms with E-state index in [1.165, 1.54) is 4.90 Å². The lowest BCUT2D eigenvalue weighted by Gasteiger charge is -2.24. The van der Waals surface area contributed by atoms with Crippen molar-refractivity contribution in [2.75, 3.05) is 0 Å². The minimum absolute atomic E-state index is 0.0153. The Hall–Kier alpha value is -0.900. The van der Waals surface area contributed by atoms with Crippen molar-refractivity contribution < 1.29 is 9.59 Å². The molecule has 0 bridgehead atoms. The third-order valence-electron chi connectivity index (χ3n) is 2.56. The number of nitrogens with two attached hydrogens (primary N) is 1. The number of likely N-dealkylation sites (tertiary alicyclic amines) is 1. The van der Waals surface area contributed by atoms with Gasteiger partial charge in [-0.25, -0.2) is 0 Å². The van der Waals surface area contributed by atoms with Crippen LogP contribution in [0.25, 0.3) is 0 Å². The van der Waals surface area contributed by atoms with Gasteiger partial charge < -0.3 is 5.73 Å². The molecule has 0 aromatic heterocycles. The zero-order valence-electron chi connectivity index (χ0n) is 8.99. The number of carbonyl (C=O) groups is 2. The molecule has 1 aliphatic heterocycles. The summed E-state index contributed by atoms with van der Waals surface area (Å²) in [5.74, 6) is -0.267. The minimum Gasteiger partial charge on any atom is -0.328 e. The molecule has 0 saturated carbocycles. The molecule has 0 radical (unpaired) electrons. The summed E-state index contributed by atoms with van der Waals surface area (Å²) in [6, 6.07) is -0.0542. The lowest BCUT2D eigenvalue weighted by Crippen LogP contribution is -2.41. The van der Waals surface area contributed by atoms with Crippen LogP contribution in [-0.2, 0) is 9.59 Å². The van der Waals surface area contributed by atoms with Gasteiger partial charge in [-0.1, -0.05) is 6.92 Å². The average molecular weight is 198 g/mol. The van der Waals surface area contributed by atoms with Crippen molar-refractivity contribution in [2.45, 2.75) is 45.7 Å². The standard InChI is InChI=1S/C10H18N2O2/c1-6-4-9(13)12(10(6)14)8(3)5-7(2)11/h6-8H,4-5,11H2,1-3H3. The second-order valence-electron chi connectivity index (χ2n) is 4.27.